The van der Waals surface area contributed by atoms with Crippen LogP contribution in [-0.4, -0.2) is 61.2 Å². The number of nitrogens with two attached hydrogens (primary N) is 1. The zero-order valence-corrected chi connectivity index (χ0v) is 24.1. The second kappa shape index (κ2) is 13.7. The lowest BCUT2D eigenvalue weighted by atomic mass is 9.85. The number of carbonyl (C=O) groups excluding carboxylic acids is 1. The number of sulfone groups is 1. The van der Waals surface area contributed by atoms with Gasteiger partial charge in [0.2, 0.25) is 5.54 Å². The summed E-state index contributed by atoms with van der Waals surface area (Å²) in [6.07, 6.45) is 1.67. The zero-order valence-electron chi connectivity index (χ0n) is 23.3. The Labute approximate surface area is 226 Å². The van der Waals surface area contributed by atoms with Crippen molar-refractivity contribution in [2.45, 2.75) is 64.6 Å². The van der Waals surface area contributed by atoms with Crippen molar-refractivity contribution in [3.8, 4) is 5.75 Å². The maximum atomic E-state index is 12.1. The summed E-state index contributed by atoms with van der Waals surface area (Å²) >= 11 is 0. The van der Waals surface area contributed by atoms with Crippen molar-refractivity contribution >= 4 is 21.8 Å². The fourth-order valence-corrected chi connectivity index (χ4v) is 4.86. The van der Waals surface area contributed by atoms with Gasteiger partial charge in [0.25, 0.3) is 0 Å². The summed E-state index contributed by atoms with van der Waals surface area (Å²) in [6.45, 7) is 9.43. The summed E-state index contributed by atoms with van der Waals surface area (Å²) in [5.41, 5.74) is 6.57. The molecule has 2 aromatic carbocycles. The van der Waals surface area contributed by atoms with Crippen molar-refractivity contribution in [3.05, 3.63) is 65.2 Å². The summed E-state index contributed by atoms with van der Waals surface area (Å²) in [6, 6.07) is 14.0. The van der Waals surface area contributed by atoms with Crippen molar-refractivity contribution in [1.82, 2.24) is 5.32 Å². The van der Waals surface area contributed by atoms with E-state index in [-0.39, 0.29) is 23.5 Å². The number of carboxylic acid groups (broad SMARTS) is 1. The van der Waals surface area contributed by atoms with Crippen LogP contribution in [-0.2, 0) is 42.6 Å². The summed E-state index contributed by atoms with van der Waals surface area (Å²) in [5.74, 6) is -2.21. The predicted molar refractivity (Wildman–Crippen MR) is 149 cm³/mol. The third-order valence-corrected chi connectivity index (χ3v) is 7.05. The van der Waals surface area contributed by atoms with Crippen molar-refractivity contribution in [2.24, 2.45) is 11.7 Å². The first-order valence-corrected chi connectivity index (χ1v) is 14.4. The number of likely N-dealkylation sites (N-methyl/N-ethyl adjacent to an activating group) is 1. The minimum absolute atomic E-state index is 0.0290. The number of hydrogen-bond donors (Lipinski definition) is 4. The maximum Gasteiger partial charge on any atom is 0.338 e. The Balaban J connectivity index is 0.000000380. The fourth-order valence-electron chi connectivity index (χ4n) is 3.97. The van der Waals surface area contributed by atoms with Gasteiger partial charge in [0.15, 0.2) is 0 Å². The van der Waals surface area contributed by atoms with E-state index in [4.69, 9.17) is 10.5 Å². The van der Waals surface area contributed by atoms with Gasteiger partial charge in [-0.15, -0.1) is 0 Å². The molecule has 0 bridgehead atoms. The first-order chi connectivity index (χ1) is 17.4. The van der Waals surface area contributed by atoms with Crippen molar-refractivity contribution < 1.29 is 33.0 Å². The van der Waals surface area contributed by atoms with Gasteiger partial charge in [0.05, 0.1) is 5.75 Å². The Morgan fingerprint density at radius 3 is 2.08 bits per heavy atom. The largest absolute Gasteiger partial charge is 0.508 e. The lowest BCUT2D eigenvalue weighted by Crippen LogP contribution is -2.61. The Morgan fingerprint density at radius 1 is 1.05 bits per heavy atom. The van der Waals surface area contributed by atoms with E-state index in [2.05, 4.69) is 5.32 Å². The van der Waals surface area contributed by atoms with Crippen LogP contribution in [0.5, 0.6) is 5.75 Å². The lowest BCUT2D eigenvalue weighted by molar-refractivity contribution is -0.166. The number of aromatic hydroxyl groups is 1. The zero-order chi connectivity index (χ0) is 29.3. The van der Waals surface area contributed by atoms with Crippen LogP contribution in [0.2, 0.25) is 0 Å². The van der Waals surface area contributed by atoms with Crippen LogP contribution in [0.1, 0.15) is 51.3 Å². The fraction of sp³-hybridized carbons (Fsp3) is 0.500. The molecule has 10 heteroatoms. The number of nitrogens with one attached hydrogen (secondary N) is 1. The molecule has 0 aliphatic heterocycles. The molecule has 212 valence electrons. The highest BCUT2D eigenvalue weighted by atomic mass is 32.2. The van der Waals surface area contributed by atoms with Gasteiger partial charge in [-0.3, -0.25) is 5.32 Å². The predicted octanol–water partition coefficient (Wildman–Crippen LogP) is 3.03. The van der Waals surface area contributed by atoms with Crippen LogP contribution >= 0.6 is 0 Å². The molecule has 0 saturated carbocycles. The van der Waals surface area contributed by atoms with Crippen LogP contribution in [0, 0.1) is 5.92 Å². The first-order valence-electron chi connectivity index (χ1n) is 12.3. The summed E-state index contributed by atoms with van der Waals surface area (Å²) < 4.78 is 27.5. The molecular formula is C28H42N2O7S. The monoisotopic (exact) mass is 550 g/mol. The molecule has 2 unspecified atom stereocenters. The number of carboxylic acids is 1. The third-order valence-electron chi connectivity index (χ3n) is 6.02. The Morgan fingerprint density at radius 2 is 1.63 bits per heavy atom. The van der Waals surface area contributed by atoms with Gasteiger partial charge in [0.1, 0.15) is 22.2 Å². The van der Waals surface area contributed by atoms with Gasteiger partial charge < -0.3 is 20.7 Å². The van der Waals surface area contributed by atoms with Gasteiger partial charge >= 0.3 is 11.9 Å². The van der Waals surface area contributed by atoms with E-state index in [0.717, 1.165) is 16.7 Å². The summed E-state index contributed by atoms with van der Waals surface area (Å²) in [5, 5.41) is 21.7. The number of benzene rings is 2. The number of phenolic OH excluding ortho intramolecular Hbond substituents is 1. The molecule has 0 heterocycles. The topological polar surface area (TPSA) is 156 Å². The molecule has 5 N–H and O–H groups in total. The van der Waals surface area contributed by atoms with Gasteiger partial charge in [-0.05, 0) is 47.6 Å². The average molecular weight is 551 g/mol. The number of rotatable bonds is 10. The van der Waals surface area contributed by atoms with E-state index >= 15 is 0 Å². The lowest BCUT2D eigenvalue weighted by Gasteiger charge is -2.30. The van der Waals surface area contributed by atoms with Crippen LogP contribution < -0.4 is 11.1 Å². The van der Waals surface area contributed by atoms with Crippen molar-refractivity contribution in [2.75, 3.05) is 19.1 Å². The molecule has 0 saturated heterocycles. The quantitative estimate of drug-likeness (QED) is 0.258. The Kier molecular flexibility index (Phi) is 12.0. The molecule has 9 nitrogen and oxygen atoms in total. The Bertz CT molecular complexity index is 1180. The minimum Gasteiger partial charge on any atom is -0.508 e. The molecule has 0 aromatic heterocycles. The van der Waals surface area contributed by atoms with Gasteiger partial charge in [0, 0.05) is 12.3 Å². The molecule has 0 amide bonds. The number of phenols is 1. The second-order valence-electron chi connectivity index (χ2n) is 10.7. The molecule has 2 aromatic rings. The molecule has 0 radical (unpaired) electrons. The van der Waals surface area contributed by atoms with Gasteiger partial charge in [-0.1, -0.05) is 77.1 Å². The number of carbonyl (C=O) groups is 2. The second-order valence-corrected chi connectivity index (χ2v) is 12.9. The van der Waals surface area contributed by atoms with Crippen LogP contribution in [0.3, 0.4) is 0 Å². The summed E-state index contributed by atoms with van der Waals surface area (Å²) in [7, 11) is -1.62. The van der Waals surface area contributed by atoms with E-state index < -0.39 is 39.3 Å². The highest BCUT2D eigenvalue weighted by Crippen LogP contribution is 2.31. The highest BCUT2D eigenvalue weighted by molar-refractivity contribution is 7.90. The molecule has 0 aliphatic rings. The SMILES string of the molecule is CC(C)(C)c1cc(CC(N)CS(C)(=O)=O)ccc1O.CNC(C(=O)O)(C(=O)OCc1ccccc1)C(C)C. The number of esters is 1. The van der Waals surface area contributed by atoms with Crippen molar-refractivity contribution in [3.63, 3.8) is 0 Å². The number of aliphatic carboxylic acids is 1. The van der Waals surface area contributed by atoms with E-state index in [1.807, 2.05) is 57.2 Å². The maximum absolute atomic E-state index is 12.1. The minimum atomic E-state index is -3.06. The van der Waals surface area contributed by atoms with Crippen LogP contribution in [0.25, 0.3) is 0 Å². The van der Waals surface area contributed by atoms with Crippen molar-refractivity contribution in [1.29, 1.82) is 0 Å². The molecule has 2 rings (SSSR count). The van der Waals surface area contributed by atoms with E-state index in [0.29, 0.717) is 6.42 Å². The number of hydrogen-bond acceptors (Lipinski definition) is 8. The average Bonchev–Trinajstić information content (AvgIpc) is 2.78. The summed E-state index contributed by atoms with van der Waals surface area (Å²) in [4.78, 5) is 23.5. The smallest absolute Gasteiger partial charge is 0.338 e. The highest BCUT2D eigenvalue weighted by Gasteiger charge is 2.49. The number of ether oxygens (including phenoxy) is 1. The standard InChI is InChI=1S/C14H19NO4.C14H23NO3S/c1-10(2)14(15-3,12(16)17)13(18)19-9-11-7-5-4-6-8-11;1-14(2,3)12-8-10(5-6-13(12)16)7-11(15)9-19(4,17)18/h4-8,10,15H,9H2,1-3H3,(H,16,17);5-6,8,11,16H,7,9,15H2,1-4H3. The molecule has 0 spiro atoms. The van der Waals surface area contributed by atoms with E-state index in [9.17, 15) is 28.2 Å². The molecule has 38 heavy (non-hydrogen) atoms. The Hall–Kier alpha value is -2.95. The normalized spacial score (nSPS) is 14.1. The van der Waals surface area contributed by atoms with Gasteiger partial charge in [-0.2, -0.15) is 0 Å². The van der Waals surface area contributed by atoms with Gasteiger partial charge in [-0.25, -0.2) is 18.0 Å². The third kappa shape index (κ3) is 9.74. The molecular weight excluding hydrogens is 508 g/mol. The first kappa shape index (κ1) is 33.1. The van der Waals surface area contributed by atoms with E-state index in [1.165, 1.54) is 13.3 Å². The van der Waals surface area contributed by atoms with Crippen LogP contribution in [0.15, 0.2) is 48.5 Å². The molecule has 2 atom stereocenters. The van der Waals surface area contributed by atoms with E-state index in [1.54, 1.807) is 26.0 Å². The molecule has 0 fully saturated rings. The van der Waals surface area contributed by atoms with Crippen LogP contribution in [0.4, 0.5) is 0 Å². The molecule has 0 aliphatic carbocycles.